The molecule has 9 nitrogen and oxygen atoms in total. The number of anilines is 1. The van der Waals surface area contributed by atoms with Crippen LogP contribution in [-0.4, -0.2) is 41.0 Å². The van der Waals surface area contributed by atoms with Gasteiger partial charge in [-0.3, -0.25) is 13.6 Å². The van der Waals surface area contributed by atoms with E-state index in [1.165, 1.54) is 0 Å². The van der Waals surface area contributed by atoms with E-state index in [0.29, 0.717) is 28.8 Å². The highest BCUT2D eigenvalue weighted by molar-refractivity contribution is 7.48. The highest BCUT2D eigenvalue weighted by atomic mass is 35.5. The molecule has 2 N–H and O–H groups in total. The third-order valence-electron chi connectivity index (χ3n) is 7.35. The molecule has 11 heteroatoms. The first-order valence-corrected chi connectivity index (χ1v) is 15.5. The number of unbranched alkanes of at least 4 members (excludes halogenated alkanes) is 1. The number of imidazole rings is 1. The van der Waals surface area contributed by atoms with Gasteiger partial charge in [-0.1, -0.05) is 61.7 Å². The topological polar surface area (TPSA) is 111 Å². The molecule has 0 amide bonds. The number of nitrogen functional groups attached to an aromatic ring is 1. The average molecular weight is 587 g/mol. The fourth-order valence-corrected chi connectivity index (χ4v) is 6.80. The fraction of sp³-hybridized carbons (Fsp3) is 0.448. The molecule has 5 rings (SSSR count). The van der Waals surface area contributed by atoms with E-state index in [9.17, 15) is 4.57 Å². The van der Waals surface area contributed by atoms with Gasteiger partial charge in [0.05, 0.1) is 36.4 Å². The molecule has 1 fully saturated rings. The number of ether oxygens (including phenoxy) is 1. The van der Waals surface area contributed by atoms with Crippen LogP contribution in [0.4, 0.5) is 5.82 Å². The van der Waals surface area contributed by atoms with E-state index < -0.39 is 13.4 Å². The third-order valence-corrected chi connectivity index (χ3v) is 8.97. The Kier molecular flexibility index (Phi) is 8.80. The smallest absolute Gasteiger partial charge is 0.382 e. The molecule has 1 atom stereocenters. The van der Waals surface area contributed by atoms with Crippen molar-refractivity contribution < 1.29 is 22.9 Å². The number of fused-ring (bicyclic) bond motifs is 3. The summed E-state index contributed by atoms with van der Waals surface area (Å²) < 4.78 is 39.1. The summed E-state index contributed by atoms with van der Waals surface area (Å²) in [6.07, 6.45) is 2.62. The lowest BCUT2D eigenvalue weighted by molar-refractivity contribution is 0.0371. The Balaban J connectivity index is 1.49. The van der Waals surface area contributed by atoms with Crippen LogP contribution in [0, 0.1) is 0 Å². The van der Waals surface area contributed by atoms with Crippen LogP contribution in [0.5, 0.6) is 0 Å². The van der Waals surface area contributed by atoms with Crippen molar-refractivity contribution in [1.82, 2.24) is 14.5 Å². The number of hydrogen-bond donors (Lipinski definition) is 1. The van der Waals surface area contributed by atoms with Gasteiger partial charge in [-0.25, -0.2) is 14.5 Å². The van der Waals surface area contributed by atoms with E-state index in [0.717, 1.165) is 41.2 Å². The van der Waals surface area contributed by atoms with Crippen LogP contribution in [0.25, 0.3) is 21.9 Å². The molecule has 0 aliphatic carbocycles. The number of aromatic nitrogens is 3. The number of para-hydroxylation sites is 1. The van der Waals surface area contributed by atoms with Crippen LogP contribution in [-0.2, 0) is 35.0 Å². The quantitative estimate of drug-likeness (QED) is 0.183. The average Bonchev–Trinajstić information content (AvgIpc) is 3.36. The number of phosphoric acid groups is 1. The zero-order valence-electron chi connectivity index (χ0n) is 23.1. The van der Waals surface area contributed by atoms with Crippen molar-refractivity contribution in [3.63, 3.8) is 0 Å². The fourth-order valence-electron chi connectivity index (χ4n) is 5.22. The van der Waals surface area contributed by atoms with E-state index in [1.807, 2.05) is 55.5 Å². The zero-order chi connectivity index (χ0) is 28.3. The van der Waals surface area contributed by atoms with E-state index in [1.54, 1.807) is 0 Å². The van der Waals surface area contributed by atoms with Gasteiger partial charge in [-0.05, 0) is 44.0 Å². The van der Waals surface area contributed by atoms with E-state index >= 15 is 0 Å². The first-order chi connectivity index (χ1) is 19.3. The lowest BCUT2D eigenvalue weighted by Gasteiger charge is -2.36. The van der Waals surface area contributed by atoms with Crippen LogP contribution in [0.3, 0.4) is 0 Å². The molecule has 0 radical (unpaired) electrons. The first kappa shape index (κ1) is 29.0. The predicted octanol–water partition coefficient (Wildman–Crippen LogP) is 7.22. The minimum atomic E-state index is -3.80. The summed E-state index contributed by atoms with van der Waals surface area (Å²) in [4.78, 5) is 9.48. The molecule has 0 bridgehead atoms. The molecule has 4 aromatic rings. The summed E-state index contributed by atoms with van der Waals surface area (Å²) in [6.45, 7) is 7.47. The van der Waals surface area contributed by atoms with Crippen LogP contribution in [0.15, 0.2) is 48.5 Å². The van der Waals surface area contributed by atoms with Crippen LogP contribution in [0.1, 0.15) is 57.3 Å². The van der Waals surface area contributed by atoms with Gasteiger partial charge in [0.15, 0.2) is 5.82 Å². The maximum Gasteiger partial charge on any atom is 0.474 e. The van der Waals surface area contributed by atoms with E-state index in [-0.39, 0.29) is 32.3 Å². The Hall–Kier alpha value is -2.52. The normalized spacial score (nSPS) is 21.1. The van der Waals surface area contributed by atoms with Gasteiger partial charge in [0.2, 0.25) is 0 Å². The standard InChI is InChI=1S/C29H36ClN4O5P/c1-4-6-14-29(3,19-39-40(35)37-16-21(17-38-40)20-10-9-11-22(30)15-20)34-25(18-36-5-2)33-26-27(34)23-12-7-8-13-24(23)32-28(26)31/h7-13,15,21H,4-6,14,16-19H2,1-3H3,(H2,31,32). The van der Waals surface area contributed by atoms with Crippen molar-refractivity contribution in [3.8, 4) is 0 Å². The molecule has 1 unspecified atom stereocenters. The van der Waals surface area contributed by atoms with Gasteiger partial charge >= 0.3 is 7.82 Å². The Morgan fingerprint density at radius 2 is 1.93 bits per heavy atom. The molecule has 2 aromatic heterocycles. The summed E-state index contributed by atoms with van der Waals surface area (Å²) in [7, 11) is -3.80. The number of pyridine rings is 1. The van der Waals surface area contributed by atoms with Gasteiger partial charge in [0.1, 0.15) is 17.9 Å². The Morgan fingerprint density at radius 1 is 1.15 bits per heavy atom. The van der Waals surface area contributed by atoms with Crippen molar-refractivity contribution >= 4 is 47.2 Å². The second-order valence-electron chi connectivity index (χ2n) is 10.4. The number of phosphoric ester groups is 1. The second kappa shape index (κ2) is 12.1. The van der Waals surface area contributed by atoms with Crippen LogP contribution in [0.2, 0.25) is 5.02 Å². The van der Waals surface area contributed by atoms with Crippen LogP contribution >= 0.6 is 19.4 Å². The molecule has 2 aromatic carbocycles. The van der Waals surface area contributed by atoms with Crippen molar-refractivity contribution in [2.75, 3.05) is 32.2 Å². The van der Waals surface area contributed by atoms with E-state index in [2.05, 4.69) is 23.4 Å². The summed E-state index contributed by atoms with van der Waals surface area (Å²) in [5, 5.41) is 1.55. The summed E-state index contributed by atoms with van der Waals surface area (Å²) in [5.41, 5.74) is 8.94. The summed E-state index contributed by atoms with van der Waals surface area (Å²) >= 11 is 6.15. The van der Waals surface area contributed by atoms with Gasteiger partial charge in [0.25, 0.3) is 0 Å². The highest BCUT2D eigenvalue weighted by Crippen LogP contribution is 2.55. The second-order valence-corrected chi connectivity index (χ2v) is 12.5. The molecule has 1 aliphatic heterocycles. The maximum absolute atomic E-state index is 13.6. The molecule has 0 saturated carbocycles. The van der Waals surface area contributed by atoms with E-state index in [4.69, 9.17) is 40.6 Å². The van der Waals surface area contributed by atoms with Gasteiger partial charge < -0.3 is 15.0 Å². The lowest BCUT2D eigenvalue weighted by Crippen LogP contribution is -2.37. The van der Waals surface area contributed by atoms with Crippen molar-refractivity contribution in [1.29, 1.82) is 0 Å². The zero-order valence-corrected chi connectivity index (χ0v) is 24.8. The van der Waals surface area contributed by atoms with Gasteiger partial charge in [-0.2, -0.15) is 0 Å². The summed E-state index contributed by atoms with van der Waals surface area (Å²) in [5.74, 6) is 0.963. The maximum atomic E-state index is 13.6. The monoisotopic (exact) mass is 586 g/mol. The molecule has 1 aliphatic rings. The predicted molar refractivity (Wildman–Crippen MR) is 158 cm³/mol. The largest absolute Gasteiger partial charge is 0.474 e. The summed E-state index contributed by atoms with van der Waals surface area (Å²) in [6, 6.07) is 15.4. The highest BCUT2D eigenvalue weighted by Gasteiger charge is 2.40. The Labute approximate surface area is 239 Å². The Bertz CT molecular complexity index is 1530. The Morgan fingerprint density at radius 3 is 2.65 bits per heavy atom. The number of hydrogen-bond acceptors (Lipinski definition) is 8. The van der Waals surface area contributed by atoms with Crippen LogP contribution < -0.4 is 5.73 Å². The molecule has 214 valence electrons. The number of benzene rings is 2. The molecule has 0 spiro atoms. The number of nitrogens with two attached hydrogens (primary N) is 1. The third kappa shape index (κ3) is 5.91. The number of rotatable bonds is 11. The number of nitrogens with zero attached hydrogens (tertiary/aromatic N) is 3. The van der Waals surface area contributed by atoms with Crippen molar-refractivity contribution in [3.05, 3.63) is 64.9 Å². The molecular weight excluding hydrogens is 551 g/mol. The van der Waals surface area contributed by atoms with Gasteiger partial charge in [-0.15, -0.1) is 0 Å². The first-order valence-electron chi connectivity index (χ1n) is 13.7. The molecule has 1 saturated heterocycles. The van der Waals surface area contributed by atoms with Gasteiger partial charge in [0, 0.05) is 22.9 Å². The SMILES string of the molecule is CCCCC(C)(COP1(=O)OCC(c2cccc(Cl)c2)CO1)n1c(COCC)nc2c(N)nc3ccccc3c21. The van der Waals surface area contributed by atoms with Crippen molar-refractivity contribution in [2.45, 2.75) is 58.1 Å². The lowest BCUT2D eigenvalue weighted by atomic mass is 9.94. The molecular formula is C29H36ClN4O5P. The number of halogens is 1. The molecule has 40 heavy (non-hydrogen) atoms. The van der Waals surface area contributed by atoms with Crippen molar-refractivity contribution in [2.24, 2.45) is 0 Å². The molecule has 3 heterocycles. The minimum Gasteiger partial charge on any atom is -0.382 e. The minimum absolute atomic E-state index is 0.0766.